The minimum atomic E-state index is -4.75. The van der Waals surface area contributed by atoms with Crippen molar-refractivity contribution in [3.8, 4) is 11.3 Å². The molecule has 58 heavy (non-hydrogen) atoms. The van der Waals surface area contributed by atoms with Crippen LogP contribution in [0, 0.1) is 5.82 Å². The molecule has 0 saturated carbocycles. The third kappa shape index (κ3) is 9.40. The van der Waals surface area contributed by atoms with Crippen LogP contribution in [0.15, 0.2) is 66.0 Å². The van der Waals surface area contributed by atoms with Gasteiger partial charge in [0.1, 0.15) is 17.4 Å². The molecule has 0 bridgehead atoms. The third-order valence-corrected chi connectivity index (χ3v) is 12.3. The molecule has 1 atom stereocenters. The van der Waals surface area contributed by atoms with Gasteiger partial charge in [0, 0.05) is 81.1 Å². The van der Waals surface area contributed by atoms with Gasteiger partial charge in [-0.25, -0.2) is 22.8 Å². The van der Waals surface area contributed by atoms with E-state index in [9.17, 15) is 36.3 Å². The fourth-order valence-corrected chi connectivity index (χ4v) is 8.96. The molecular weight excluding hydrogens is 785 g/mol. The number of imide groups is 1. The van der Waals surface area contributed by atoms with E-state index in [0.717, 1.165) is 0 Å². The second-order valence-electron chi connectivity index (χ2n) is 15.3. The number of benzene rings is 2. The number of aliphatic hydroxyl groups is 1. The van der Waals surface area contributed by atoms with E-state index in [4.69, 9.17) is 0 Å². The van der Waals surface area contributed by atoms with Gasteiger partial charge in [-0.15, -0.1) is 0 Å². The first-order valence-electron chi connectivity index (χ1n) is 18.9. The SMILES string of the molecule is CC(C)(O)Cn1cc(-c2nc(Nc3ccc(S(=O)(=O)N4CCC(N5CCN(c6ccc(N[C@@H]7CCC(=O)NC7=O)cc6F)CC5)CC4)cc3)ncc2C(F)(F)F)cn1. The van der Waals surface area contributed by atoms with E-state index in [1.165, 1.54) is 51.7 Å². The van der Waals surface area contributed by atoms with Gasteiger partial charge >= 0.3 is 6.18 Å². The molecule has 4 aromatic rings. The molecule has 0 radical (unpaired) electrons. The van der Waals surface area contributed by atoms with Gasteiger partial charge < -0.3 is 20.6 Å². The summed E-state index contributed by atoms with van der Waals surface area (Å²) in [4.78, 5) is 35.8. The molecule has 3 saturated heterocycles. The Kier molecular flexibility index (Phi) is 11.5. The highest BCUT2D eigenvalue weighted by atomic mass is 32.2. The highest BCUT2D eigenvalue weighted by molar-refractivity contribution is 7.89. The van der Waals surface area contributed by atoms with Gasteiger partial charge in [-0.3, -0.25) is 24.5 Å². The summed E-state index contributed by atoms with van der Waals surface area (Å²) in [5.74, 6) is -1.31. The fourth-order valence-electron chi connectivity index (χ4n) is 7.49. The number of anilines is 4. The number of aromatic nitrogens is 4. The summed E-state index contributed by atoms with van der Waals surface area (Å²) in [6.07, 6.45) is 0.316. The first kappa shape index (κ1) is 41.0. The van der Waals surface area contributed by atoms with Gasteiger partial charge in [-0.2, -0.15) is 22.6 Å². The monoisotopic (exact) mass is 828 g/mol. The van der Waals surface area contributed by atoms with E-state index in [0.29, 0.717) is 81.8 Å². The van der Waals surface area contributed by atoms with Crippen molar-refractivity contribution in [1.29, 1.82) is 0 Å². The molecule has 0 aliphatic carbocycles. The Bertz CT molecular complexity index is 2250. The predicted molar refractivity (Wildman–Crippen MR) is 206 cm³/mol. The molecule has 20 heteroatoms. The lowest BCUT2D eigenvalue weighted by Gasteiger charge is -2.43. The number of nitrogens with one attached hydrogen (secondary N) is 3. The van der Waals surface area contributed by atoms with E-state index in [1.807, 2.05) is 4.90 Å². The maximum Gasteiger partial charge on any atom is 0.419 e. The van der Waals surface area contributed by atoms with Crippen molar-refractivity contribution >= 4 is 44.8 Å². The maximum atomic E-state index is 15.2. The number of nitrogens with zero attached hydrogens (tertiary/aromatic N) is 7. The number of hydrogen-bond acceptors (Lipinski definition) is 12. The Hall–Kier alpha value is -5.18. The van der Waals surface area contributed by atoms with Crippen LogP contribution in [0.2, 0.25) is 0 Å². The number of piperidine rings is 2. The second-order valence-corrected chi connectivity index (χ2v) is 17.3. The first-order valence-corrected chi connectivity index (χ1v) is 20.3. The van der Waals surface area contributed by atoms with Crippen LogP contribution in [0.5, 0.6) is 0 Å². The van der Waals surface area contributed by atoms with Crippen molar-refractivity contribution in [3.05, 3.63) is 72.4 Å². The Morgan fingerprint density at radius 2 is 1.62 bits per heavy atom. The first-order chi connectivity index (χ1) is 27.4. The van der Waals surface area contributed by atoms with Crippen LogP contribution in [0.4, 0.5) is 40.6 Å². The Balaban J connectivity index is 0.921. The van der Waals surface area contributed by atoms with Crippen molar-refractivity contribution in [2.24, 2.45) is 0 Å². The minimum Gasteiger partial charge on any atom is -0.389 e. The average molecular weight is 829 g/mol. The molecular formula is C38H44F4N10O5S. The molecule has 5 heterocycles. The molecule has 0 unspecified atom stereocenters. The summed E-state index contributed by atoms with van der Waals surface area (Å²) in [7, 11) is -3.84. The molecule has 7 rings (SSSR count). The van der Waals surface area contributed by atoms with Crippen LogP contribution in [0.25, 0.3) is 11.3 Å². The van der Waals surface area contributed by atoms with E-state index >= 15 is 4.39 Å². The number of carbonyl (C=O) groups is 2. The van der Waals surface area contributed by atoms with Gasteiger partial charge in [-0.1, -0.05) is 0 Å². The van der Waals surface area contributed by atoms with Crippen molar-refractivity contribution in [2.45, 2.75) is 74.8 Å². The highest BCUT2D eigenvalue weighted by Crippen LogP contribution is 2.36. The summed E-state index contributed by atoms with van der Waals surface area (Å²) in [6.45, 7) is 6.31. The zero-order chi connectivity index (χ0) is 41.4. The van der Waals surface area contributed by atoms with Crippen LogP contribution < -0.4 is 20.9 Å². The average Bonchev–Trinajstić information content (AvgIpc) is 3.63. The smallest absolute Gasteiger partial charge is 0.389 e. The third-order valence-electron chi connectivity index (χ3n) is 10.4. The lowest BCUT2D eigenvalue weighted by atomic mass is 10.0. The standard InChI is InChI=1S/C38H44F4N10O5S/c1-37(2,55)23-51-22-24(20-44-51)34-29(38(40,41)42)21-43-36(48-34)46-25-3-6-28(7-4-25)58(56,57)52-13-11-27(12-14-52)49-15-17-50(18-16-49)32-9-5-26(19-30(32)39)45-31-8-10-33(53)47-35(31)54/h3-7,9,19-22,27,31,45,55H,8,10-18,23H2,1-2H3,(H,43,46,48)(H,47,53,54)/t31-/m1/s1. The minimum absolute atomic E-state index is 0.0485. The van der Waals surface area contributed by atoms with E-state index in [2.05, 4.69) is 35.9 Å². The molecule has 3 aliphatic rings. The summed E-state index contributed by atoms with van der Waals surface area (Å²) < 4.78 is 86.9. The van der Waals surface area contributed by atoms with Gasteiger partial charge in [0.2, 0.25) is 27.8 Å². The summed E-state index contributed by atoms with van der Waals surface area (Å²) in [5.41, 5.74) is -1.26. The van der Waals surface area contributed by atoms with Gasteiger partial charge in [0.15, 0.2) is 0 Å². The number of alkyl halides is 3. The van der Waals surface area contributed by atoms with E-state index < -0.39 is 50.8 Å². The van der Waals surface area contributed by atoms with E-state index in [1.54, 1.807) is 26.0 Å². The van der Waals surface area contributed by atoms with E-state index in [-0.39, 0.29) is 41.3 Å². The van der Waals surface area contributed by atoms with Crippen molar-refractivity contribution in [2.75, 3.05) is 54.8 Å². The van der Waals surface area contributed by atoms with Crippen LogP contribution >= 0.6 is 0 Å². The summed E-state index contributed by atoms with van der Waals surface area (Å²) >= 11 is 0. The quantitative estimate of drug-likeness (QED) is 0.125. The lowest BCUT2D eigenvalue weighted by Crippen LogP contribution is -2.53. The molecule has 4 N–H and O–H groups in total. The Morgan fingerprint density at radius 1 is 0.931 bits per heavy atom. The van der Waals surface area contributed by atoms with Gasteiger partial charge in [-0.05, 0) is 75.6 Å². The maximum absolute atomic E-state index is 15.2. The largest absolute Gasteiger partial charge is 0.419 e. The number of sulfonamides is 1. The zero-order valence-corrected chi connectivity index (χ0v) is 32.7. The number of hydrogen-bond donors (Lipinski definition) is 4. The zero-order valence-electron chi connectivity index (χ0n) is 31.8. The number of amides is 2. The molecule has 2 aromatic heterocycles. The van der Waals surface area contributed by atoms with Crippen LogP contribution in [0.1, 0.15) is 45.1 Å². The van der Waals surface area contributed by atoms with Crippen LogP contribution in [-0.4, -0.2) is 111 Å². The molecule has 15 nitrogen and oxygen atoms in total. The van der Waals surface area contributed by atoms with Crippen molar-refractivity contribution in [1.82, 2.24) is 34.3 Å². The molecule has 2 amide bonds. The number of rotatable bonds is 11. The second kappa shape index (κ2) is 16.2. The predicted octanol–water partition coefficient (Wildman–Crippen LogP) is 4.20. The van der Waals surface area contributed by atoms with Crippen molar-refractivity contribution in [3.63, 3.8) is 0 Å². The van der Waals surface area contributed by atoms with Gasteiger partial charge in [0.25, 0.3) is 0 Å². The number of carbonyl (C=O) groups excluding carboxylic acids is 2. The molecule has 0 spiro atoms. The van der Waals surface area contributed by atoms with Crippen LogP contribution in [0.3, 0.4) is 0 Å². The fraction of sp³-hybridized carbons (Fsp3) is 0.447. The highest BCUT2D eigenvalue weighted by Gasteiger charge is 2.37. The Labute approximate surface area is 332 Å². The summed E-state index contributed by atoms with van der Waals surface area (Å²) in [5, 5.41) is 22.3. The molecule has 310 valence electrons. The topological polar surface area (TPSA) is 178 Å². The number of piperazine rings is 1. The molecule has 3 fully saturated rings. The van der Waals surface area contributed by atoms with Crippen molar-refractivity contribution < 1.29 is 40.7 Å². The van der Waals surface area contributed by atoms with Crippen LogP contribution in [-0.2, 0) is 32.3 Å². The van der Waals surface area contributed by atoms with Gasteiger partial charge in [0.05, 0.1) is 34.6 Å². The Morgan fingerprint density at radius 3 is 2.26 bits per heavy atom. The normalized spacial score (nSPS) is 19.3. The summed E-state index contributed by atoms with van der Waals surface area (Å²) in [6, 6.07) is 10.1. The molecule has 2 aromatic carbocycles. The number of halogens is 4. The molecule has 3 aliphatic heterocycles. The lowest BCUT2D eigenvalue weighted by molar-refractivity contribution is -0.137.